The van der Waals surface area contributed by atoms with E-state index in [1.54, 1.807) is 18.3 Å². The van der Waals surface area contributed by atoms with Crippen LogP contribution in [0.15, 0.2) is 54.7 Å². The first-order valence-electron chi connectivity index (χ1n) is 11.5. The van der Waals surface area contributed by atoms with Gasteiger partial charge in [0, 0.05) is 31.4 Å². The number of carbonyl (C=O) groups excluding carboxylic acids is 2. The number of halogens is 1. The van der Waals surface area contributed by atoms with Crippen molar-refractivity contribution in [3.8, 4) is 0 Å². The molecule has 1 aromatic heterocycles. The Bertz CT molecular complexity index is 1240. The molecule has 0 radical (unpaired) electrons. The number of nitrogens with zero attached hydrogens (tertiary/aromatic N) is 2. The molecule has 0 saturated carbocycles. The van der Waals surface area contributed by atoms with Gasteiger partial charge >= 0.3 is 0 Å². The number of amides is 2. The molecule has 182 valence electrons. The maximum absolute atomic E-state index is 12.7. The van der Waals surface area contributed by atoms with Crippen molar-refractivity contribution in [2.45, 2.75) is 26.8 Å². The summed E-state index contributed by atoms with van der Waals surface area (Å²) < 4.78 is 0. The van der Waals surface area contributed by atoms with Gasteiger partial charge < -0.3 is 20.9 Å². The number of benzene rings is 2. The Labute approximate surface area is 214 Å². The molecule has 0 saturated heterocycles. The first-order valence-corrected chi connectivity index (χ1v) is 12.7. The van der Waals surface area contributed by atoms with Crippen LogP contribution in [0.4, 0.5) is 16.5 Å². The molecule has 3 N–H and O–H groups in total. The fourth-order valence-corrected chi connectivity index (χ4v) is 4.84. The molecule has 2 aromatic carbocycles. The zero-order valence-corrected chi connectivity index (χ0v) is 21.3. The van der Waals surface area contributed by atoms with Gasteiger partial charge in [-0.3, -0.25) is 9.59 Å². The highest BCUT2D eigenvalue weighted by atomic mass is 35.5. The zero-order valence-electron chi connectivity index (χ0n) is 19.7. The second-order valence-electron chi connectivity index (χ2n) is 8.24. The molecule has 0 atom stereocenters. The van der Waals surface area contributed by atoms with E-state index in [4.69, 9.17) is 11.6 Å². The van der Waals surface area contributed by atoms with Crippen molar-refractivity contribution in [3.63, 3.8) is 0 Å². The fraction of sp³-hybridized carbons (Fsp3) is 0.269. The van der Waals surface area contributed by atoms with E-state index in [1.165, 1.54) is 16.9 Å². The van der Waals surface area contributed by atoms with Gasteiger partial charge in [-0.25, -0.2) is 4.98 Å². The Morgan fingerprint density at radius 3 is 2.89 bits per heavy atom. The van der Waals surface area contributed by atoms with E-state index in [2.05, 4.69) is 27.0 Å². The summed E-state index contributed by atoms with van der Waals surface area (Å²) in [4.78, 5) is 31.8. The number of para-hydroxylation sites is 1. The quantitative estimate of drug-likeness (QED) is 0.289. The molecule has 35 heavy (non-hydrogen) atoms. The van der Waals surface area contributed by atoms with Gasteiger partial charge in [0.15, 0.2) is 5.13 Å². The van der Waals surface area contributed by atoms with Gasteiger partial charge in [-0.2, -0.15) is 0 Å². The molecule has 1 aliphatic heterocycles. The van der Waals surface area contributed by atoms with Gasteiger partial charge in [0.05, 0.1) is 16.9 Å². The monoisotopic (exact) mass is 509 g/mol. The minimum Gasteiger partial charge on any atom is -0.335 e. The van der Waals surface area contributed by atoms with Crippen molar-refractivity contribution in [2.75, 3.05) is 30.3 Å². The summed E-state index contributed by atoms with van der Waals surface area (Å²) in [6.07, 6.45) is 5.86. The molecule has 0 unspecified atom stereocenters. The molecular formula is C26H28ClN5O2S. The topological polar surface area (TPSA) is 86.4 Å². The van der Waals surface area contributed by atoms with Crippen molar-refractivity contribution in [1.29, 1.82) is 0 Å². The third kappa shape index (κ3) is 6.28. The van der Waals surface area contributed by atoms with E-state index >= 15 is 0 Å². The SMILES string of the molecule is CCNC/C=C/C(=O)N1CCc2cc(Nc3ncc(C(=O)Nc4c(C)cccc4Cl)s3)ccc2C1. The highest BCUT2D eigenvalue weighted by Gasteiger charge is 2.20. The highest BCUT2D eigenvalue weighted by Crippen LogP contribution is 2.29. The number of aryl methyl sites for hydroxylation is 1. The number of rotatable bonds is 8. The van der Waals surface area contributed by atoms with Gasteiger partial charge in [0.1, 0.15) is 4.88 Å². The summed E-state index contributed by atoms with van der Waals surface area (Å²) in [5.41, 5.74) is 4.76. The third-order valence-corrected chi connectivity index (χ3v) is 6.97. The molecule has 0 spiro atoms. The van der Waals surface area contributed by atoms with Crippen LogP contribution in [0.2, 0.25) is 5.02 Å². The number of aromatic nitrogens is 1. The molecule has 0 bridgehead atoms. The average molecular weight is 510 g/mol. The predicted molar refractivity (Wildman–Crippen MR) is 143 cm³/mol. The van der Waals surface area contributed by atoms with Gasteiger partial charge in [-0.05, 0) is 54.8 Å². The van der Waals surface area contributed by atoms with Crippen LogP contribution in [0.3, 0.4) is 0 Å². The number of nitrogens with one attached hydrogen (secondary N) is 3. The summed E-state index contributed by atoms with van der Waals surface area (Å²) in [7, 11) is 0. The summed E-state index contributed by atoms with van der Waals surface area (Å²) in [5, 5.41) is 10.5. The minimum absolute atomic E-state index is 0.0383. The lowest BCUT2D eigenvalue weighted by molar-refractivity contribution is -0.126. The standard InChI is InChI=1S/C26H28ClN5O2S/c1-3-28-12-5-8-23(33)32-13-11-18-14-20(10-9-19(18)16-32)30-26-29-15-22(35-26)25(34)31-24-17(2)6-4-7-21(24)27/h4-10,14-15,28H,3,11-13,16H2,1-2H3,(H,29,30)(H,31,34)/b8-5+. The number of carbonyl (C=O) groups is 2. The molecule has 0 fully saturated rings. The van der Waals surface area contributed by atoms with Crippen molar-refractivity contribution in [2.24, 2.45) is 0 Å². The number of hydrogen-bond acceptors (Lipinski definition) is 6. The third-order valence-electron chi connectivity index (χ3n) is 5.74. The largest absolute Gasteiger partial charge is 0.335 e. The molecular weight excluding hydrogens is 482 g/mol. The van der Waals surface area contributed by atoms with E-state index in [-0.39, 0.29) is 11.8 Å². The van der Waals surface area contributed by atoms with Gasteiger partial charge in [0.2, 0.25) is 5.91 Å². The second-order valence-corrected chi connectivity index (χ2v) is 9.68. The Hall–Kier alpha value is -3.20. The van der Waals surface area contributed by atoms with Gasteiger partial charge in [-0.1, -0.05) is 54.1 Å². The summed E-state index contributed by atoms with van der Waals surface area (Å²) in [5.74, 6) is -0.210. The summed E-state index contributed by atoms with van der Waals surface area (Å²) >= 11 is 7.50. The maximum Gasteiger partial charge on any atom is 0.267 e. The van der Waals surface area contributed by atoms with Gasteiger partial charge in [0.25, 0.3) is 5.91 Å². The number of thiazole rings is 1. The van der Waals surface area contributed by atoms with E-state index in [0.29, 0.717) is 40.4 Å². The van der Waals surface area contributed by atoms with Crippen LogP contribution < -0.4 is 16.0 Å². The highest BCUT2D eigenvalue weighted by molar-refractivity contribution is 7.17. The van der Waals surface area contributed by atoms with Crippen molar-refractivity contribution in [1.82, 2.24) is 15.2 Å². The van der Waals surface area contributed by atoms with Crippen LogP contribution in [0.5, 0.6) is 0 Å². The lowest BCUT2D eigenvalue weighted by atomic mass is 9.99. The maximum atomic E-state index is 12.7. The van der Waals surface area contributed by atoms with Crippen LogP contribution >= 0.6 is 22.9 Å². The Balaban J connectivity index is 1.37. The predicted octanol–water partition coefficient (Wildman–Crippen LogP) is 5.15. The second kappa shape index (κ2) is 11.5. The van der Waals surface area contributed by atoms with Crippen LogP contribution in [-0.4, -0.2) is 41.3 Å². The molecule has 0 aliphatic carbocycles. The Morgan fingerprint density at radius 2 is 2.09 bits per heavy atom. The average Bonchev–Trinajstić information content (AvgIpc) is 3.32. The lowest BCUT2D eigenvalue weighted by Crippen LogP contribution is -2.35. The number of hydrogen-bond donors (Lipinski definition) is 3. The summed E-state index contributed by atoms with van der Waals surface area (Å²) in [6.45, 7) is 6.79. The Kier molecular flexibility index (Phi) is 8.17. The molecule has 9 heteroatoms. The molecule has 7 nitrogen and oxygen atoms in total. The van der Waals surface area contributed by atoms with Gasteiger partial charge in [-0.15, -0.1) is 0 Å². The van der Waals surface area contributed by atoms with Crippen molar-refractivity contribution < 1.29 is 9.59 Å². The number of likely N-dealkylation sites (N-methyl/N-ethyl adjacent to an activating group) is 1. The van der Waals surface area contributed by atoms with E-state index in [9.17, 15) is 9.59 Å². The minimum atomic E-state index is -0.249. The first-order chi connectivity index (χ1) is 16.9. The Morgan fingerprint density at radius 1 is 1.23 bits per heavy atom. The van der Waals surface area contributed by atoms with E-state index in [1.807, 2.05) is 49.1 Å². The zero-order chi connectivity index (χ0) is 24.8. The van der Waals surface area contributed by atoms with Crippen molar-refractivity contribution >= 4 is 51.3 Å². The summed E-state index contributed by atoms with van der Waals surface area (Å²) in [6, 6.07) is 11.6. The molecule has 2 heterocycles. The normalized spacial score (nSPS) is 13.1. The van der Waals surface area contributed by atoms with E-state index < -0.39 is 0 Å². The van der Waals surface area contributed by atoms with Crippen molar-refractivity contribution in [3.05, 3.63) is 81.3 Å². The first kappa shape index (κ1) is 24.9. The van der Waals surface area contributed by atoms with Crippen LogP contribution in [-0.2, 0) is 17.8 Å². The van der Waals surface area contributed by atoms with Crippen LogP contribution in [0.1, 0.15) is 33.3 Å². The van der Waals surface area contributed by atoms with Crippen LogP contribution in [0, 0.1) is 6.92 Å². The molecule has 2 amide bonds. The fourth-order valence-electron chi connectivity index (χ4n) is 3.84. The molecule has 4 rings (SSSR count). The molecule has 3 aromatic rings. The lowest BCUT2D eigenvalue weighted by Gasteiger charge is -2.28. The smallest absolute Gasteiger partial charge is 0.267 e. The molecule has 1 aliphatic rings. The van der Waals surface area contributed by atoms with E-state index in [0.717, 1.165) is 29.8 Å². The number of anilines is 3. The number of fused-ring (bicyclic) bond motifs is 1. The van der Waals surface area contributed by atoms with Crippen LogP contribution in [0.25, 0.3) is 0 Å².